The molecule has 0 amide bonds. The summed E-state index contributed by atoms with van der Waals surface area (Å²) >= 11 is 0. The summed E-state index contributed by atoms with van der Waals surface area (Å²) in [4.78, 5) is 22.9. The van der Waals surface area contributed by atoms with Crippen molar-refractivity contribution in [2.45, 2.75) is 13.8 Å². The van der Waals surface area contributed by atoms with Crippen LogP contribution in [0.25, 0.3) is 0 Å². The predicted molar refractivity (Wildman–Crippen MR) is 56.7 cm³/mol. The van der Waals surface area contributed by atoms with Gasteiger partial charge in [0.05, 0.1) is 7.11 Å². The molecule has 0 saturated carbocycles. The Bertz CT molecular complexity index is 396. The van der Waals surface area contributed by atoms with Crippen LogP contribution in [0.3, 0.4) is 0 Å². The summed E-state index contributed by atoms with van der Waals surface area (Å²) in [5.41, 5.74) is 1.59. The third kappa shape index (κ3) is 1.77. The van der Waals surface area contributed by atoms with Crippen LogP contribution in [-0.4, -0.2) is 18.9 Å². The first-order valence-electron chi connectivity index (χ1n) is 4.44. The summed E-state index contributed by atoms with van der Waals surface area (Å²) in [5.74, 6) is -1.18. The largest absolute Gasteiger partial charge is 0.468 e. The second kappa shape index (κ2) is 4.26. The minimum absolute atomic E-state index is 0. The van der Waals surface area contributed by atoms with E-state index in [1.54, 1.807) is 12.1 Å². The second-order valence-corrected chi connectivity index (χ2v) is 3.30. The van der Waals surface area contributed by atoms with E-state index in [2.05, 4.69) is 4.74 Å². The highest BCUT2D eigenvalue weighted by Crippen LogP contribution is 2.26. The monoisotopic (exact) mass is 206 g/mol. The molecule has 3 heteroatoms. The van der Waals surface area contributed by atoms with Gasteiger partial charge < -0.3 is 4.74 Å². The van der Waals surface area contributed by atoms with Crippen LogP contribution in [0.4, 0.5) is 0 Å². The fourth-order valence-electron chi connectivity index (χ4n) is 1.77. The van der Waals surface area contributed by atoms with E-state index in [9.17, 15) is 9.59 Å². The highest BCUT2D eigenvalue weighted by molar-refractivity contribution is 6.12. The zero-order valence-electron chi connectivity index (χ0n) is 7.82. The lowest BCUT2D eigenvalue weighted by molar-refractivity contribution is -0.143. The number of carbonyl (C=O) groups is 2. The van der Waals surface area contributed by atoms with Gasteiger partial charge in [0.2, 0.25) is 0 Å². The quantitative estimate of drug-likeness (QED) is 0.520. The second-order valence-electron chi connectivity index (χ2n) is 3.30. The molecule has 1 aromatic carbocycles. The number of hydrogen-bond acceptors (Lipinski definition) is 3. The molecule has 0 aliphatic heterocycles. The Morgan fingerprint density at radius 2 is 2.07 bits per heavy atom. The summed E-state index contributed by atoms with van der Waals surface area (Å²) < 4.78 is 4.58. The number of carbonyl (C=O) groups excluding carboxylic acids is 2. The maximum absolute atomic E-state index is 11.7. The Kier molecular flexibility index (Phi) is 3.24. The van der Waals surface area contributed by atoms with Crippen LogP contribution in [0.1, 0.15) is 23.3 Å². The molecular weight excluding hydrogens is 192 g/mol. The third-order valence-electron chi connectivity index (χ3n) is 2.51. The Morgan fingerprint density at radius 3 is 2.67 bits per heavy atom. The maximum atomic E-state index is 11.7. The molecule has 0 radical (unpaired) electrons. The number of Topliss-reactive ketones (excluding diaryl/α,β-unsaturated/α-hetero) is 1. The molecular formula is C12H14O3. The molecule has 0 spiro atoms. The Balaban J connectivity index is 0.00000112. The number of methoxy groups -OCH3 is 1. The van der Waals surface area contributed by atoms with Crippen molar-refractivity contribution in [2.24, 2.45) is 5.92 Å². The van der Waals surface area contributed by atoms with Crippen molar-refractivity contribution in [1.82, 2.24) is 0 Å². The van der Waals surface area contributed by atoms with Gasteiger partial charge in [0.25, 0.3) is 0 Å². The summed E-state index contributed by atoms with van der Waals surface area (Å²) in [5, 5.41) is 0. The van der Waals surface area contributed by atoms with Crippen molar-refractivity contribution in [3.8, 4) is 0 Å². The molecule has 3 nitrogen and oxygen atoms in total. The van der Waals surface area contributed by atoms with Crippen LogP contribution < -0.4 is 0 Å². The predicted octanol–water partition coefficient (Wildman–Crippen LogP) is 1.85. The van der Waals surface area contributed by atoms with Crippen molar-refractivity contribution < 1.29 is 14.3 Å². The number of ether oxygens (including phenoxy) is 1. The van der Waals surface area contributed by atoms with E-state index < -0.39 is 11.9 Å². The zero-order valence-corrected chi connectivity index (χ0v) is 7.82. The van der Waals surface area contributed by atoms with E-state index in [0.29, 0.717) is 12.0 Å². The van der Waals surface area contributed by atoms with Crippen LogP contribution in [-0.2, 0) is 16.0 Å². The van der Waals surface area contributed by atoms with E-state index in [1.165, 1.54) is 7.11 Å². The average molecular weight is 206 g/mol. The Hall–Kier alpha value is -1.64. The Labute approximate surface area is 89.1 Å². The molecule has 15 heavy (non-hydrogen) atoms. The minimum Gasteiger partial charge on any atom is -0.468 e. The average Bonchev–Trinajstić information content (AvgIpc) is 2.56. The first-order chi connectivity index (χ1) is 6.74. The normalized spacial score (nSPS) is 17.9. The van der Waals surface area contributed by atoms with Gasteiger partial charge in [-0.05, 0) is 12.0 Å². The molecule has 1 aromatic rings. The molecule has 0 saturated heterocycles. The standard InChI is InChI=1S/C11H10O3.CH4/c1-14-11(13)9-6-7-4-2-3-5-8(7)10(9)12;/h2-5,9H,6H2,1H3;1H4. The van der Waals surface area contributed by atoms with Crippen molar-refractivity contribution in [3.05, 3.63) is 35.4 Å². The van der Waals surface area contributed by atoms with Gasteiger partial charge >= 0.3 is 5.97 Å². The number of hydrogen-bond donors (Lipinski definition) is 0. The molecule has 0 fully saturated rings. The van der Waals surface area contributed by atoms with Crippen molar-refractivity contribution >= 4 is 11.8 Å². The molecule has 2 rings (SSSR count). The summed E-state index contributed by atoms with van der Waals surface area (Å²) in [6.07, 6.45) is 0.474. The van der Waals surface area contributed by atoms with Crippen LogP contribution >= 0.6 is 0 Å². The smallest absolute Gasteiger partial charge is 0.316 e. The lowest BCUT2D eigenvalue weighted by Crippen LogP contribution is -2.21. The number of fused-ring (bicyclic) bond motifs is 1. The van der Waals surface area contributed by atoms with Gasteiger partial charge in [-0.25, -0.2) is 0 Å². The molecule has 1 unspecified atom stereocenters. The summed E-state index contributed by atoms with van der Waals surface area (Å²) in [7, 11) is 1.30. The minimum atomic E-state index is -0.627. The van der Waals surface area contributed by atoms with Crippen molar-refractivity contribution in [3.63, 3.8) is 0 Å². The van der Waals surface area contributed by atoms with Crippen LogP contribution in [0.5, 0.6) is 0 Å². The molecule has 0 heterocycles. The van der Waals surface area contributed by atoms with Gasteiger partial charge in [0.15, 0.2) is 5.78 Å². The molecule has 0 aromatic heterocycles. The van der Waals surface area contributed by atoms with E-state index in [-0.39, 0.29) is 13.2 Å². The van der Waals surface area contributed by atoms with Crippen molar-refractivity contribution in [2.75, 3.05) is 7.11 Å². The van der Waals surface area contributed by atoms with E-state index in [1.807, 2.05) is 12.1 Å². The van der Waals surface area contributed by atoms with Gasteiger partial charge in [-0.15, -0.1) is 0 Å². The Morgan fingerprint density at radius 1 is 1.40 bits per heavy atom. The molecule has 1 aliphatic carbocycles. The third-order valence-corrected chi connectivity index (χ3v) is 2.51. The maximum Gasteiger partial charge on any atom is 0.316 e. The molecule has 1 atom stereocenters. The first kappa shape index (κ1) is 11.4. The molecule has 0 N–H and O–H groups in total. The summed E-state index contributed by atoms with van der Waals surface area (Å²) in [6.45, 7) is 0. The van der Waals surface area contributed by atoms with E-state index in [0.717, 1.165) is 5.56 Å². The van der Waals surface area contributed by atoms with E-state index in [4.69, 9.17) is 0 Å². The zero-order chi connectivity index (χ0) is 10.1. The fourth-order valence-corrected chi connectivity index (χ4v) is 1.77. The molecule has 80 valence electrons. The number of ketones is 1. The highest BCUT2D eigenvalue weighted by Gasteiger charge is 2.35. The lowest BCUT2D eigenvalue weighted by atomic mass is 10.1. The lowest BCUT2D eigenvalue weighted by Gasteiger charge is -2.03. The van der Waals surface area contributed by atoms with Crippen LogP contribution in [0.15, 0.2) is 24.3 Å². The van der Waals surface area contributed by atoms with Gasteiger partial charge in [0.1, 0.15) is 5.92 Å². The first-order valence-corrected chi connectivity index (χ1v) is 4.44. The van der Waals surface area contributed by atoms with Crippen LogP contribution in [0, 0.1) is 5.92 Å². The van der Waals surface area contributed by atoms with Crippen LogP contribution in [0.2, 0.25) is 0 Å². The van der Waals surface area contributed by atoms with Gasteiger partial charge in [-0.3, -0.25) is 9.59 Å². The molecule has 1 aliphatic rings. The molecule has 0 bridgehead atoms. The number of esters is 1. The highest BCUT2D eigenvalue weighted by atomic mass is 16.5. The summed E-state index contributed by atoms with van der Waals surface area (Å²) in [6, 6.07) is 7.29. The van der Waals surface area contributed by atoms with E-state index >= 15 is 0 Å². The fraction of sp³-hybridized carbons (Fsp3) is 0.333. The number of rotatable bonds is 1. The van der Waals surface area contributed by atoms with Crippen molar-refractivity contribution in [1.29, 1.82) is 0 Å². The SMILES string of the molecule is C.COC(=O)C1Cc2ccccc2C1=O. The topological polar surface area (TPSA) is 43.4 Å². The number of benzene rings is 1. The van der Waals surface area contributed by atoms with Gasteiger partial charge in [-0.1, -0.05) is 31.7 Å². The van der Waals surface area contributed by atoms with Gasteiger partial charge in [0, 0.05) is 5.56 Å². The van der Waals surface area contributed by atoms with Gasteiger partial charge in [-0.2, -0.15) is 0 Å².